The van der Waals surface area contributed by atoms with E-state index in [1.807, 2.05) is 0 Å². The summed E-state index contributed by atoms with van der Waals surface area (Å²) < 4.78 is 0. The number of ketones is 1. The van der Waals surface area contributed by atoms with Gasteiger partial charge in [-0.25, -0.2) is 0 Å². The average Bonchev–Trinajstić information content (AvgIpc) is 2.67. The molecule has 0 heterocycles. The molecule has 0 aromatic heterocycles. The van der Waals surface area contributed by atoms with Crippen LogP contribution in [0.1, 0.15) is 90.4 Å². The molecule has 1 heteroatoms. The summed E-state index contributed by atoms with van der Waals surface area (Å²) in [4.78, 5) is 12.7. The second kappa shape index (κ2) is 6.94. The van der Waals surface area contributed by atoms with E-state index in [-0.39, 0.29) is 0 Å². The van der Waals surface area contributed by atoms with Crippen LogP contribution in [-0.2, 0) is 4.79 Å². The van der Waals surface area contributed by atoms with E-state index in [0.29, 0.717) is 11.7 Å². The van der Waals surface area contributed by atoms with E-state index in [1.54, 1.807) is 11.1 Å². The highest BCUT2D eigenvalue weighted by molar-refractivity contribution is 5.97. The largest absolute Gasteiger partial charge is 0.295 e. The molecule has 0 aromatic carbocycles. The van der Waals surface area contributed by atoms with Crippen LogP contribution >= 0.6 is 0 Å². The third-order valence-electron chi connectivity index (χ3n) is 5.70. The fourth-order valence-electron chi connectivity index (χ4n) is 4.52. The topological polar surface area (TPSA) is 17.1 Å². The number of hydrogen-bond donors (Lipinski definition) is 0. The number of hydrogen-bond acceptors (Lipinski definition) is 1. The molecule has 1 nitrogen and oxygen atoms in total. The van der Waals surface area contributed by atoms with Crippen LogP contribution in [0.25, 0.3) is 0 Å². The van der Waals surface area contributed by atoms with Crippen LogP contribution in [0.3, 0.4) is 0 Å². The van der Waals surface area contributed by atoms with Gasteiger partial charge in [-0.15, -0.1) is 0 Å². The Bertz CT molecular complexity index is 450. The van der Waals surface area contributed by atoms with Gasteiger partial charge in [-0.05, 0) is 75.7 Å². The average molecular weight is 286 g/mol. The number of rotatable bonds is 0. The third kappa shape index (κ3) is 3.67. The van der Waals surface area contributed by atoms with Crippen LogP contribution in [0.15, 0.2) is 22.3 Å². The van der Waals surface area contributed by atoms with Gasteiger partial charge in [-0.2, -0.15) is 0 Å². The van der Waals surface area contributed by atoms with Gasteiger partial charge in [0.1, 0.15) is 0 Å². The van der Waals surface area contributed by atoms with Gasteiger partial charge in [0, 0.05) is 6.42 Å². The van der Waals surface area contributed by atoms with Gasteiger partial charge in [-0.1, -0.05) is 36.5 Å². The number of carbonyl (C=O) groups excluding carboxylic acids is 1. The van der Waals surface area contributed by atoms with Gasteiger partial charge in [0.2, 0.25) is 0 Å². The lowest BCUT2D eigenvalue weighted by Gasteiger charge is -2.21. The molecule has 0 saturated heterocycles. The van der Waals surface area contributed by atoms with Crippen LogP contribution in [0.5, 0.6) is 0 Å². The predicted octanol–water partition coefficient (Wildman–Crippen LogP) is 5.90. The van der Waals surface area contributed by atoms with Crippen LogP contribution in [0.4, 0.5) is 0 Å². The Morgan fingerprint density at radius 2 is 1.29 bits per heavy atom. The maximum absolute atomic E-state index is 12.7. The van der Waals surface area contributed by atoms with E-state index in [1.165, 1.54) is 81.8 Å². The van der Waals surface area contributed by atoms with Crippen molar-refractivity contribution in [2.24, 2.45) is 5.92 Å². The SMILES string of the molecule is CC1CC(=O)C(=C2CCCCC2)CC(=C2CCCCC2)C1. The van der Waals surface area contributed by atoms with E-state index in [9.17, 15) is 4.79 Å². The first-order valence-corrected chi connectivity index (χ1v) is 9.18. The Balaban J connectivity index is 1.90. The molecule has 116 valence electrons. The van der Waals surface area contributed by atoms with Gasteiger partial charge in [0.05, 0.1) is 0 Å². The van der Waals surface area contributed by atoms with E-state index in [4.69, 9.17) is 0 Å². The van der Waals surface area contributed by atoms with Gasteiger partial charge >= 0.3 is 0 Å². The highest BCUT2D eigenvalue weighted by Gasteiger charge is 2.26. The maximum Gasteiger partial charge on any atom is 0.159 e. The molecule has 3 saturated carbocycles. The number of allylic oxidation sites excluding steroid dienone is 4. The van der Waals surface area contributed by atoms with Crippen LogP contribution in [0, 0.1) is 5.92 Å². The van der Waals surface area contributed by atoms with Gasteiger partial charge in [-0.3, -0.25) is 4.79 Å². The minimum atomic E-state index is 0.478. The zero-order valence-corrected chi connectivity index (χ0v) is 13.7. The lowest BCUT2D eigenvalue weighted by molar-refractivity contribution is -0.116. The van der Waals surface area contributed by atoms with Crippen LogP contribution < -0.4 is 0 Å². The Hall–Kier alpha value is -0.850. The Morgan fingerprint density at radius 3 is 1.90 bits per heavy atom. The van der Waals surface area contributed by atoms with Crippen LogP contribution in [0.2, 0.25) is 0 Å². The van der Waals surface area contributed by atoms with Crippen molar-refractivity contribution < 1.29 is 4.79 Å². The first kappa shape index (κ1) is 15.1. The molecule has 0 aliphatic heterocycles. The molecule has 0 radical (unpaired) electrons. The van der Waals surface area contributed by atoms with E-state index >= 15 is 0 Å². The molecule has 0 bridgehead atoms. The van der Waals surface area contributed by atoms with E-state index in [2.05, 4.69) is 6.92 Å². The van der Waals surface area contributed by atoms with Crippen LogP contribution in [-0.4, -0.2) is 5.78 Å². The fraction of sp³-hybridized carbons (Fsp3) is 0.750. The van der Waals surface area contributed by atoms with Crippen molar-refractivity contribution in [1.29, 1.82) is 0 Å². The molecule has 1 atom stereocenters. The zero-order valence-electron chi connectivity index (χ0n) is 13.7. The summed E-state index contributed by atoms with van der Waals surface area (Å²) in [6, 6.07) is 0. The summed E-state index contributed by atoms with van der Waals surface area (Å²) in [7, 11) is 0. The van der Waals surface area contributed by atoms with Gasteiger partial charge in [0.25, 0.3) is 0 Å². The number of Topliss-reactive ketones (excluding diaryl/α,β-unsaturated/α-hetero) is 1. The molecule has 3 fully saturated rings. The van der Waals surface area contributed by atoms with Crippen molar-refractivity contribution >= 4 is 5.78 Å². The molecule has 21 heavy (non-hydrogen) atoms. The summed E-state index contributed by atoms with van der Waals surface area (Å²) in [5.74, 6) is 1.02. The highest BCUT2D eigenvalue weighted by Crippen LogP contribution is 2.38. The summed E-state index contributed by atoms with van der Waals surface area (Å²) in [6.45, 7) is 2.27. The van der Waals surface area contributed by atoms with Crippen molar-refractivity contribution in [3.05, 3.63) is 22.3 Å². The third-order valence-corrected chi connectivity index (χ3v) is 5.70. The molecular formula is C20H30O. The molecule has 0 aromatic rings. The minimum absolute atomic E-state index is 0.478. The lowest BCUT2D eigenvalue weighted by atomic mass is 9.84. The van der Waals surface area contributed by atoms with E-state index in [0.717, 1.165) is 12.8 Å². The lowest BCUT2D eigenvalue weighted by Crippen LogP contribution is -2.09. The molecule has 1 unspecified atom stereocenters. The van der Waals surface area contributed by atoms with Crippen molar-refractivity contribution in [3.63, 3.8) is 0 Å². The molecule has 3 rings (SSSR count). The summed E-state index contributed by atoms with van der Waals surface area (Å²) in [5, 5.41) is 0. The highest BCUT2D eigenvalue weighted by atomic mass is 16.1. The summed E-state index contributed by atoms with van der Waals surface area (Å²) in [5.41, 5.74) is 6.14. The molecule has 0 N–H and O–H groups in total. The Morgan fingerprint density at radius 1 is 0.714 bits per heavy atom. The molecule has 3 aliphatic carbocycles. The molecular weight excluding hydrogens is 256 g/mol. The standard InChI is InChI=1S/C20H30O/c1-15-12-18(16-8-4-2-5-9-16)14-19(20(21)13-15)17-10-6-3-7-11-17/h15H,2-14H2,1H3. The maximum atomic E-state index is 12.7. The van der Waals surface area contributed by atoms with Crippen molar-refractivity contribution in [3.8, 4) is 0 Å². The first-order chi connectivity index (χ1) is 10.2. The molecule has 0 spiro atoms. The second-order valence-corrected chi connectivity index (χ2v) is 7.52. The van der Waals surface area contributed by atoms with Crippen molar-refractivity contribution in [2.75, 3.05) is 0 Å². The van der Waals surface area contributed by atoms with E-state index < -0.39 is 0 Å². The quantitative estimate of drug-likeness (QED) is 0.308. The number of carbonyl (C=O) groups is 1. The second-order valence-electron chi connectivity index (χ2n) is 7.52. The van der Waals surface area contributed by atoms with Gasteiger partial charge in [0.15, 0.2) is 5.78 Å². The van der Waals surface area contributed by atoms with Gasteiger partial charge < -0.3 is 0 Å². The minimum Gasteiger partial charge on any atom is -0.295 e. The summed E-state index contributed by atoms with van der Waals surface area (Å²) in [6.07, 6.45) is 16.1. The first-order valence-electron chi connectivity index (χ1n) is 9.18. The monoisotopic (exact) mass is 286 g/mol. The zero-order chi connectivity index (χ0) is 14.7. The molecule has 0 amide bonds. The fourth-order valence-corrected chi connectivity index (χ4v) is 4.52. The summed E-state index contributed by atoms with van der Waals surface area (Å²) >= 11 is 0. The van der Waals surface area contributed by atoms with Crippen molar-refractivity contribution in [2.45, 2.75) is 90.4 Å². The Kier molecular flexibility index (Phi) is 4.98. The normalized spacial score (nSPS) is 28.8. The molecule has 3 aliphatic rings. The smallest absolute Gasteiger partial charge is 0.159 e. The predicted molar refractivity (Wildman–Crippen MR) is 88.2 cm³/mol. The van der Waals surface area contributed by atoms with Crippen molar-refractivity contribution in [1.82, 2.24) is 0 Å². The Labute approximate surface area is 129 Å².